The Morgan fingerprint density at radius 3 is 2.14 bits per heavy atom. The maximum atomic E-state index is 6.22. The Balaban J connectivity index is 1.83. The van der Waals surface area contributed by atoms with Crippen molar-refractivity contribution in [2.75, 3.05) is 11.5 Å². The van der Waals surface area contributed by atoms with Gasteiger partial charge in [-0.3, -0.25) is 0 Å². The van der Waals surface area contributed by atoms with E-state index in [9.17, 15) is 0 Å². The van der Waals surface area contributed by atoms with Crippen molar-refractivity contribution in [2.45, 2.75) is 64.7 Å². The molecule has 0 aromatic heterocycles. The van der Waals surface area contributed by atoms with E-state index in [0.717, 1.165) is 23.2 Å². The number of anilines is 2. The lowest BCUT2D eigenvalue weighted by molar-refractivity contribution is 0.576. The van der Waals surface area contributed by atoms with E-state index in [2.05, 4.69) is 25.1 Å². The van der Waals surface area contributed by atoms with Gasteiger partial charge in [0.2, 0.25) is 0 Å². The van der Waals surface area contributed by atoms with Crippen molar-refractivity contribution < 1.29 is 0 Å². The molecule has 0 aliphatic carbocycles. The summed E-state index contributed by atoms with van der Waals surface area (Å²) < 4.78 is 0. The summed E-state index contributed by atoms with van der Waals surface area (Å²) in [5.41, 5.74) is 15.1. The number of nitrogens with two attached hydrogens (primary N) is 2. The molecule has 0 aliphatic heterocycles. The van der Waals surface area contributed by atoms with Gasteiger partial charge in [-0.15, -0.1) is 0 Å². The molecule has 2 aromatic rings. The average Bonchev–Trinajstić information content (AvgIpc) is 2.54. The molecule has 0 fully saturated rings. The third-order valence-corrected chi connectivity index (χ3v) is 4.52. The Morgan fingerprint density at radius 1 is 0.773 bits per heavy atom. The van der Waals surface area contributed by atoms with Gasteiger partial charge in [0.05, 0.1) is 11.4 Å². The highest BCUT2D eigenvalue weighted by atomic mass is 14.7. The molecule has 2 aromatic carbocycles. The lowest BCUT2D eigenvalue weighted by Gasteiger charge is -2.12. The molecule has 2 nitrogen and oxygen atoms in total. The normalized spacial score (nSPS) is 11.1. The number of hydrogen-bond donors (Lipinski definition) is 2. The molecule has 0 heterocycles. The third kappa shape index (κ3) is 4.40. The van der Waals surface area contributed by atoms with Crippen LogP contribution >= 0.6 is 0 Å². The molecule has 0 amide bonds. The molecule has 0 saturated heterocycles. The molecule has 0 radical (unpaired) electrons. The van der Waals surface area contributed by atoms with Gasteiger partial charge in [0, 0.05) is 5.39 Å². The summed E-state index contributed by atoms with van der Waals surface area (Å²) in [4.78, 5) is 0. The highest BCUT2D eigenvalue weighted by Crippen LogP contribution is 2.31. The van der Waals surface area contributed by atoms with E-state index in [-0.39, 0.29) is 0 Å². The van der Waals surface area contributed by atoms with Crippen LogP contribution in [0, 0.1) is 0 Å². The summed E-state index contributed by atoms with van der Waals surface area (Å²) >= 11 is 0. The predicted octanol–water partition coefficient (Wildman–Crippen LogP) is 5.69. The summed E-state index contributed by atoms with van der Waals surface area (Å²) in [7, 11) is 0. The van der Waals surface area contributed by atoms with Crippen molar-refractivity contribution in [2.24, 2.45) is 0 Å². The Bertz CT molecular complexity index is 590. The molecule has 0 saturated carbocycles. The fourth-order valence-corrected chi connectivity index (χ4v) is 3.11. The molecule has 22 heavy (non-hydrogen) atoms. The molecular formula is C20H30N2. The maximum absolute atomic E-state index is 6.22. The first-order chi connectivity index (χ1) is 10.7. The molecule has 0 unspecified atom stereocenters. The van der Waals surface area contributed by atoms with E-state index < -0.39 is 0 Å². The van der Waals surface area contributed by atoms with Crippen LogP contribution in [0.5, 0.6) is 0 Å². The standard InChI is InChI=1S/C20H30N2/c1-2-3-4-5-6-7-8-9-13-17-15-16-12-10-11-14-18(16)20(22)19(17)21/h10-12,14-15H,2-9,13,21-22H2,1H3. The SMILES string of the molecule is CCCCCCCCCCc1cc2ccccc2c(N)c1N. The van der Waals surface area contributed by atoms with Crippen LogP contribution in [0.15, 0.2) is 30.3 Å². The minimum absolute atomic E-state index is 0.743. The highest BCUT2D eigenvalue weighted by Gasteiger charge is 2.07. The molecule has 0 atom stereocenters. The van der Waals surface area contributed by atoms with Crippen molar-refractivity contribution in [1.29, 1.82) is 0 Å². The van der Waals surface area contributed by atoms with Crippen LogP contribution in [0.25, 0.3) is 10.8 Å². The molecule has 0 bridgehead atoms. The van der Waals surface area contributed by atoms with E-state index >= 15 is 0 Å². The van der Waals surface area contributed by atoms with Gasteiger partial charge in [-0.1, -0.05) is 76.1 Å². The van der Waals surface area contributed by atoms with Crippen molar-refractivity contribution in [3.05, 3.63) is 35.9 Å². The van der Waals surface area contributed by atoms with Gasteiger partial charge in [-0.2, -0.15) is 0 Å². The second-order valence-electron chi connectivity index (χ2n) is 6.31. The van der Waals surface area contributed by atoms with Crippen LogP contribution in [-0.2, 0) is 6.42 Å². The fourth-order valence-electron chi connectivity index (χ4n) is 3.11. The van der Waals surface area contributed by atoms with Gasteiger partial charge >= 0.3 is 0 Å². The van der Waals surface area contributed by atoms with Gasteiger partial charge in [0.15, 0.2) is 0 Å². The summed E-state index contributed by atoms with van der Waals surface area (Å²) in [5, 5.41) is 2.27. The quantitative estimate of drug-likeness (QED) is 0.461. The summed E-state index contributed by atoms with van der Waals surface area (Å²) in [6.07, 6.45) is 11.7. The van der Waals surface area contributed by atoms with E-state index in [1.165, 1.54) is 62.3 Å². The predicted molar refractivity (Wildman–Crippen MR) is 99.1 cm³/mol. The van der Waals surface area contributed by atoms with Gasteiger partial charge in [0.25, 0.3) is 0 Å². The van der Waals surface area contributed by atoms with Gasteiger partial charge in [-0.25, -0.2) is 0 Å². The van der Waals surface area contributed by atoms with Crippen LogP contribution in [-0.4, -0.2) is 0 Å². The molecule has 120 valence electrons. The van der Waals surface area contributed by atoms with Crippen LogP contribution in [0.2, 0.25) is 0 Å². The minimum atomic E-state index is 0.743. The Morgan fingerprint density at radius 2 is 1.41 bits per heavy atom. The van der Waals surface area contributed by atoms with Crippen LogP contribution in [0.4, 0.5) is 11.4 Å². The van der Waals surface area contributed by atoms with Crippen molar-refractivity contribution in [1.82, 2.24) is 0 Å². The molecule has 4 N–H and O–H groups in total. The second-order valence-corrected chi connectivity index (χ2v) is 6.31. The lowest BCUT2D eigenvalue weighted by atomic mass is 9.98. The first-order valence-corrected chi connectivity index (χ1v) is 8.79. The molecule has 0 spiro atoms. The number of fused-ring (bicyclic) bond motifs is 1. The number of aryl methyl sites for hydroxylation is 1. The highest BCUT2D eigenvalue weighted by molar-refractivity contribution is 5.99. The third-order valence-electron chi connectivity index (χ3n) is 4.52. The smallest absolute Gasteiger partial charge is 0.0630 e. The Labute approximate surface area is 134 Å². The zero-order valence-corrected chi connectivity index (χ0v) is 13.9. The summed E-state index contributed by atoms with van der Waals surface area (Å²) in [5.74, 6) is 0. The second kappa shape index (κ2) is 8.67. The van der Waals surface area contributed by atoms with Crippen LogP contribution in [0.3, 0.4) is 0 Å². The zero-order chi connectivity index (χ0) is 15.8. The van der Waals surface area contributed by atoms with E-state index in [1.807, 2.05) is 12.1 Å². The first kappa shape index (κ1) is 16.7. The molecule has 2 rings (SSSR count). The minimum Gasteiger partial charge on any atom is -0.397 e. The first-order valence-electron chi connectivity index (χ1n) is 8.79. The topological polar surface area (TPSA) is 52.0 Å². The van der Waals surface area contributed by atoms with Gasteiger partial charge in [-0.05, 0) is 29.9 Å². The molecule has 2 heteroatoms. The molecular weight excluding hydrogens is 268 g/mol. The largest absolute Gasteiger partial charge is 0.397 e. The Kier molecular flexibility index (Phi) is 6.57. The van der Waals surface area contributed by atoms with Crippen molar-refractivity contribution in [3.63, 3.8) is 0 Å². The Hall–Kier alpha value is -1.70. The van der Waals surface area contributed by atoms with Gasteiger partial charge in [0.1, 0.15) is 0 Å². The maximum Gasteiger partial charge on any atom is 0.0630 e. The molecule has 0 aliphatic rings. The summed E-state index contributed by atoms with van der Waals surface area (Å²) in [6.45, 7) is 2.26. The lowest BCUT2D eigenvalue weighted by Crippen LogP contribution is -2.01. The zero-order valence-electron chi connectivity index (χ0n) is 13.9. The van der Waals surface area contributed by atoms with Crippen molar-refractivity contribution in [3.8, 4) is 0 Å². The van der Waals surface area contributed by atoms with Crippen molar-refractivity contribution >= 4 is 22.1 Å². The van der Waals surface area contributed by atoms with Crippen LogP contribution < -0.4 is 11.5 Å². The van der Waals surface area contributed by atoms with E-state index in [4.69, 9.17) is 11.5 Å². The number of benzene rings is 2. The number of hydrogen-bond acceptors (Lipinski definition) is 2. The van der Waals surface area contributed by atoms with Gasteiger partial charge < -0.3 is 11.5 Å². The number of unbranched alkanes of at least 4 members (excludes halogenated alkanes) is 7. The fraction of sp³-hybridized carbons (Fsp3) is 0.500. The number of rotatable bonds is 9. The monoisotopic (exact) mass is 298 g/mol. The van der Waals surface area contributed by atoms with E-state index in [0.29, 0.717) is 0 Å². The van der Waals surface area contributed by atoms with Crippen LogP contribution in [0.1, 0.15) is 63.9 Å². The average molecular weight is 298 g/mol. The number of nitrogen functional groups attached to an aromatic ring is 2. The van der Waals surface area contributed by atoms with E-state index in [1.54, 1.807) is 0 Å². The summed E-state index contributed by atoms with van der Waals surface area (Å²) in [6, 6.07) is 10.4.